The van der Waals surface area contributed by atoms with Gasteiger partial charge in [-0.1, -0.05) is 115 Å². The Kier molecular flexibility index (Phi) is 7.88. The number of pyridine rings is 1. The van der Waals surface area contributed by atoms with Crippen molar-refractivity contribution >= 4 is 108 Å². The van der Waals surface area contributed by atoms with Gasteiger partial charge in [0.05, 0.1) is 69.7 Å². The number of nitrogens with zero attached hydrogens (tertiary/aromatic N) is 3. The van der Waals surface area contributed by atoms with Crippen molar-refractivity contribution in [2.24, 2.45) is 0 Å². The Labute approximate surface area is 377 Å². The first-order chi connectivity index (χ1) is 31.7. The first-order valence-corrected chi connectivity index (χ1v) is 23.7. The topological polar surface area (TPSA) is 34.8 Å². The van der Waals surface area contributed by atoms with Crippen molar-refractivity contribution in [3.8, 4) is 33.6 Å². The summed E-state index contributed by atoms with van der Waals surface area (Å²) in [6, 6.07) is 58.6. The molecule has 0 radical (unpaired) electrons. The highest BCUT2D eigenvalue weighted by Gasteiger charge is 2.24. The maximum Gasteiger partial charge on any atom is 0.0889 e. The fourth-order valence-corrected chi connectivity index (χ4v) is 12.9. The molecule has 0 saturated carbocycles. The number of hydrogen-bond donors (Lipinski definition) is 1. The van der Waals surface area contributed by atoms with E-state index in [1.54, 1.807) is 0 Å². The van der Waals surface area contributed by atoms with Crippen molar-refractivity contribution in [2.45, 2.75) is 18.9 Å². The largest absolute Gasteiger partial charge is 0.373 e. The number of fused-ring (bicyclic) bond motifs is 12. The molecule has 14 rings (SSSR count). The zero-order valence-electron chi connectivity index (χ0n) is 34.6. The van der Waals surface area contributed by atoms with Crippen molar-refractivity contribution < 1.29 is 0 Å². The molecule has 302 valence electrons. The zero-order valence-corrected chi connectivity index (χ0v) is 36.3. The van der Waals surface area contributed by atoms with Gasteiger partial charge in [0.25, 0.3) is 0 Å². The molecule has 7 aromatic carbocycles. The van der Waals surface area contributed by atoms with Crippen molar-refractivity contribution in [3.63, 3.8) is 0 Å². The SMILES string of the molecule is C1=CCCC(C2C=Cc3sc4c(-n5c6ccccc6c6cc(-c7cccc(-c8ccc9c(c8)c8ccccc8n9-c8cccc9c8sc8cccnc89)c7)ccc65)cccc4c3N2)=C1. The van der Waals surface area contributed by atoms with Crippen LogP contribution in [0.5, 0.6) is 0 Å². The van der Waals surface area contributed by atoms with Crippen LogP contribution in [0.3, 0.4) is 0 Å². The molecule has 0 fully saturated rings. The van der Waals surface area contributed by atoms with Crippen LogP contribution < -0.4 is 5.32 Å². The summed E-state index contributed by atoms with van der Waals surface area (Å²) in [7, 11) is 0. The summed E-state index contributed by atoms with van der Waals surface area (Å²) in [5, 5.41) is 11.4. The lowest BCUT2D eigenvalue weighted by Crippen LogP contribution is -2.22. The second-order valence-electron chi connectivity index (χ2n) is 17.0. The second kappa shape index (κ2) is 14.0. The van der Waals surface area contributed by atoms with Crippen molar-refractivity contribution in [1.82, 2.24) is 14.1 Å². The summed E-state index contributed by atoms with van der Waals surface area (Å²) >= 11 is 3.71. The predicted molar refractivity (Wildman–Crippen MR) is 275 cm³/mol. The van der Waals surface area contributed by atoms with E-state index < -0.39 is 0 Å². The minimum Gasteiger partial charge on any atom is -0.373 e. The Bertz CT molecular complexity index is 4020. The van der Waals surface area contributed by atoms with Crippen LogP contribution >= 0.6 is 22.7 Å². The molecule has 0 saturated heterocycles. The number of aromatic nitrogens is 3. The lowest BCUT2D eigenvalue weighted by atomic mass is 9.95. The van der Waals surface area contributed by atoms with Gasteiger partial charge >= 0.3 is 0 Å². The summed E-state index contributed by atoms with van der Waals surface area (Å²) in [6.07, 6.45) is 15.5. The average Bonchev–Trinajstić information content (AvgIpc) is 4.12. The molecule has 0 bridgehead atoms. The van der Waals surface area contributed by atoms with Crippen molar-refractivity contribution in [3.05, 3.63) is 199 Å². The maximum absolute atomic E-state index is 4.76. The molecule has 1 atom stereocenters. The van der Waals surface area contributed by atoms with E-state index in [9.17, 15) is 0 Å². The summed E-state index contributed by atoms with van der Waals surface area (Å²) in [4.78, 5) is 6.05. The molecule has 4 nitrogen and oxygen atoms in total. The molecule has 5 aromatic heterocycles. The van der Waals surface area contributed by atoms with E-state index in [1.165, 1.54) is 118 Å². The monoisotopic (exact) mass is 854 g/mol. The first kappa shape index (κ1) is 36.0. The number of para-hydroxylation sites is 2. The van der Waals surface area contributed by atoms with Crippen LogP contribution in [0.4, 0.5) is 5.69 Å². The highest BCUT2D eigenvalue weighted by atomic mass is 32.1. The van der Waals surface area contributed by atoms with E-state index in [2.05, 4.69) is 196 Å². The normalized spacial score (nSPS) is 15.0. The molecule has 1 N–H and O–H groups in total. The Morgan fingerprint density at radius 3 is 1.83 bits per heavy atom. The first-order valence-electron chi connectivity index (χ1n) is 22.0. The molecular formula is C58H38N4S2. The Morgan fingerprint density at radius 1 is 0.531 bits per heavy atom. The van der Waals surface area contributed by atoms with Crippen LogP contribution in [0.2, 0.25) is 0 Å². The number of benzene rings is 7. The van der Waals surface area contributed by atoms with E-state index in [4.69, 9.17) is 4.98 Å². The van der Waals surface area contributed by atoms with E-state index in [-0.39, 0.29) is 6.04 Å². The summed E-state index contributed by atoms with van der Waals surface area (Å²) < 4.78 is 8.69. The van der Waals surface area contributed by atoms with Crippen LogP contribution in [-0.2, 0) is 0 Å². The van der Waals surface area contributed by atoms with Gasteiger partial charge in [0, 0.05) is 38.5 Å². The number of thiophene rings is 2. The molecule has 12 aromatic rings. The summed E-state index contributed by atoms with van der Waals surface area (Å²) in [5.41, 5.74) is 15.8. The highest BCUT2D eigenvalue weighted by Crippen LogP contribution is 2.46. The van der Waals surface area contributed by atoms with Gasteiger partial charge in [0.2, 0.25) is 0 Å². The molecular weight excluding hydrogens is 817 g/mol. The van der Waals surface area contributed by atoms with Crippen LogP contribution in [0.1, 0.15) is 17.7 Å². The molecule has 6 heteroatoms. The Hall–Kier alpha value is -7.51. The number of allylic oxidation sites excluding steroid dienone is 3. The molecule has 0 spiro atoms. The van der Waals surface area contributed by atoms with Crippen LogP contribution in [0.25, 0.3) is 114 Å². The van der Waals surface area contributed by atoms with Gasteiger partial charge in [-0.05, 0) is 113 Å². The second-order valence-corrected chi connectivity index (χ2v) is 19.1. The third-order valence-electron chi connectivity index (χ3n) is 13.5. The third-order valence-corrected chi connectivity index (χ3v) is 15.9. The quantitative estimate of drug-likeness (QED) is 0.187. The van der Waals surface area contributed by atoms with E-state index in [1.807, 2.05) is 34.9 Å². The molecule has 2 aliphatic rings. The fraction of sp³-hybridized carbons (Fsp3) is 0.0517. The fourth-order valence-electron chi connectivity index (χ4n) is 10.5. The zero-order chi connectivity index (χ0) is 41.9. The van der Waals surface area contributed by atoms with E-state index >= 15 is 0 Å². The lowest BCUT2D eigenvalue weighted by Gasteiger charge is -2.24. The van der Waals surface area contributed by atoms with Gasteiger partial charge < -0.3 is 14.5 Å². The van der Waals surface area contributed by atoms with Gasteiger partial charge in [0.15, 0.2) is 0 Å². The van der Waals surface area contributed by atoms with E-state index in [0.717, 1.165) is 18.4 Å². The predicted octanol–water partition coefficient (Wildman–Crippen LogP) is 16.3. The van der Waals surface area contributed by atoms with Crippen molar-refractivity contribution in [1.29, 1.82) is 0 Å². The highest BCUT2D eigenvalue weighted by molar-refractivity contribution is 7.26. The van der Waals surface area contributed by atoms with Gasteiger partial charge in [-0.2, -0.15) is 0 Å². The maximum atomic E-state index is 4.76. The Morgan fingerprint density at radius 2 is 1.14 bits per heavy atom. The smallest absolute Gasteiger partial charge is 0.0889 e. The summed E-state index contributed by atoms with van der Waals surface area (Å²) in [5.74, 6) is 0. The molecule has 1 aliphatic carbocycles. The average molecular weight is 855 g/mol. The molecule has 0 amide bonds. The number of rotatable bonds is 5. The van der Waals surface area contributed by atoms with Gasteiger partial charge in [0.1, 0.15) is 0 Å². The minimum absolute atomic E-state index is 0.228. The summed E-state index contributed by atoms with van der Waals surface area (Å²) in [6.45, 7) is 0. The Balaban J connectivity index is 0.864. The van der Waals surface area contributed by atoms with Crippen molar-refractivity contribution in [2.75, 3.05) is 5.32 Å². The molecule has 6 heterocycles. The number of anilines is 1. The van der Waals surface area contributed by atoms with E-state index in [0.29, 0.717) is 0 Å². The van der Waals surface area contributed by atoms with Crippen LogP contribution in [-0.4, -0.2) is 20.2 Å². The third kappa shape index (κ3) is 5.36. The van der Waals surface area contributed by atoms with Gasteiger partial charge in [-0.3, -0.25) is 4.98 Å². The molecule has 1 aliphatic heterocycles. The van der Waals surface area contributed by atoms with Crippen LogP contribution in [0, 0.1) is 0 Å². The van der Waals surface area contributed by atoms with Crippen LogP contribution in [0.15, 0.2) is 194 Å². The van der Waals surface area contributed by atoms with Gasteiger partial charge in [-0.15, -0.1) is 22.7 Å². The number of hydrogen-bond acceptors (Lipinski definition) is 4. The standard InChI is InChI=1S/C58H38N4S2/c1-2-12-35(13-3-1)46-27-30-54-56(60-46)43-19-10-23-52(58(43)64-54)62-48-21-7-5-17-41(48)45-34-39(26-29-50(45)62)37-15-8-14-36(32-37)38-25-28-49-44(33-38)40-16-4-6-20-47(40)61(49)51-22-9-18-42-55-53(63-57(42)51)24-11-31-59-55/h1-2,4-12,14-34,46,60H,3,13H2. The molecule has 1 unspecified atom stereocenters. The lowest BCUT2D eigenvalue weighted by molar-refractivity contribution is 0.867. The van der Waals surface area contributed by atoms with Gasteiger partial charge in [-0.25, -0.2) is 0 Å². The molecule has 64 heavy (non-hydrogen) atoms. The number of nitrogens with one attached hydrogen (secondary N) is 1. The minimum atomic E-state index is 0.228.